The number of fused-ring (bicyclic) bond motifs is 1. The van der Waals surface area contributed by atoms with Crippen LogP contribution in [-0.2, 0) is 17.8 Å². The van der Waals surface area contributed by atoms with Crippen LogP contribution in [0.3, 0.4) is 0 Å². The van der Waals surface area contributed by atoms with Crippen molar-refractivity contribution in [1.82, 2.24) is 4.90 Å². The van der Waals surface area contributed by atoms with Crippen molar-refractivity contribution < 1.29 is 14.5 Å². The molecule has 0 fully saturated rings. The molecule has 1 heterocycles. The van der Waals surface area contributed by atoms with Crippen LogP contribution >= 0.6 is 0 Å². The maximum absolute atomic E-state index is 12.6. The minimum Gasteiger partial charge on any atom is -0.338 e. The quantitative estimate of drug-likeness (QED) is 0.646. The largest absolute Gasteiger partial charge is 0.338 e. The van der Waals surface area contributed by atoms with Gasteiger partial charge in [-0.15, -0.1) is 0 Å². The number of nitrogens with zero attached hydrogens (tertiary/aromatic N) is 2. The minimum atomic E-state index is -0.495. The number of amides is 2. The van der Waals surface area contributed by atoms with Gasteiger partial charge in [-0.05, 0) is 42.7 Å². The lowest BCUT2D eigenvalue weighted by atomic mass is 9.98. The van der Waals surface area contributed by atoms with Crippen molar-refractivity contribution in [2.75, 3.05) is 11.9 Å². The van der Waals surface area contributed by atoms with E-state index in [2.05, 4.69) is 5.32 Å². The predicted molar refractivity (Wildman–Crippen MR) is 106 cm³/mol. The summed E-state index contributed by atoms with van der Waals surface area (Å²) in [5.74, 6) is -0.333. The molecule has 0 bridgehead atoms. The predicted octanol–water partition coefficient (Wildman–Crippen LogP) is 3.70. The zero-order chi connectivity index (χ0) is 20.4. The normalized spacial score (nSPS) is 13.2. The fraction of sp³-hybridized carbons (Fsp3) is 0.333. The molecule has 1 aliphatic rings. The van der Waals surface area contributed by atoms with Gasteiger partial charge < -0.3 is 10.2 Å². The summed E-state index contributed by atoms with van der Waals surface area (Å²) in [6.45, 7) is 6.55. The second-order valence-corrected chi connectivity index (χ2v) is 7.31. The van der Waals surface area contributed by atoms with E-state index in [1.165, 1.54) is 12.1 Å². The number of nitro benzene ring substituents is 1. The second kappa shape index (κ2) is 7.80. The van der Waals surface area contributed by atoms with Crippen LogP contribution in [0.4, 0.5) is 11.4 Å². The minimum absolute atomic E-state index is 0.0544. The number of carbonyl (C=O) groups excluding carboxylic acids is 2. The van der Waals surface area contributed by atoms with Crippen LogP contribution in [0.5, 0.6) is 0 Å². The highest BCUT2D eigenvalue weighted by Crippen LogP contribution is 2.25. The first-order valence-corrected chi connectivity index (χ1v) is 9.24. The Balaban J connectivity index is 1.81. The maximum atomic E-state index is 12.6. The average Bonchev–Trinajstić information content (AvgIpc) is 2.66. The summed E-state index contributed by atoms with van der Waals surface area (Å²) < 4.78 is 0. The first kappa shape index (κ1) is 19.5. The Hall–Kier alpha value is -3.22. The van der Waals surface area contributed by atoms with Gasteiger partial charge in [-0.2, -0.15) is 0 Å². The van der Waals surface area contributed by atoms with Crippen molar-refractivity contribution in [1.29, 1.82) is 0 Å². The van der Waals surface area contributed by atoms with Crippen LogP contribution in [0.2, 0.25) is 0 Å². The van der Waals surface area contributed by atoms with Gasteiger partial charge in [-0.25, -0.2) is 0 Å². The third-order valence-electron chi connectivity index (χ3n) is 5.03. The molecule has 0 unspecified atom stereocenters. The van der Waals surface area contributed by atoms with Gasteiger partial charge in [-0.3, -0.25) is 19.7 Å². The number of benzene rings is 2. The van der Waals surface area contributed by atoms with E-state index >= 15 is 0 Å². The highest BCUT2D eigenvalue weighted by molar-refractivity contribution is 6.05. The molecule has 2 aromatic carbocycles. The van der Waals surface area contributed by atoms with E-state index < -0.39 is 10.8 Å². The summed E-state index contributed by atoms with van der Waals surface area (Å²) in [5.41, 5.74) is 3.29. The molecule has 0 spiro atoms. The summed E-state index contributed by atoms with van der Waals surface area (Å²) >= 11 is 0. The van der Waals surface area contributed by atoms with E-state index in [0.29, 0.717) is 24.3 Å². The molecule has 0 atom stereocenters. The van der Waals surface area contributed by atoms with Gasteiger partial charge in [-0.1, -0.05) is 26.0 Å². The number of nitrogens with one attached hydrogen (secondary N) is 1. The van der Waals surface area contributed by atoms with Gasteiger partial charge in [0.1, 0.15) is 0 Å². The third kappa shape index (κ3) is 3.88. The molecule has 7 nitrogen and oxygen atoms in total. The molecule has 7 heteroatoms. The lowest BCUT2D eigenvalue weighted by Gasteiger charge is -2.30. The summed E-state index contributed by atoms with van der Waals surface area (Å²) in [7, 11) is 0. The summed E-state index contributed by atoms with van der Waals surface area (Å²) in [4.78, 5) is 37.4. The Morgan fingerprint density at radius 1 is 1.18 bits per heavy atom. The van der Waals surface area contributed by atoms with Crippen LogP contribution in [0.1, 0.15) is 40.9 Å². The fourth-order valence-corrected chi connectivity index (χ4v) is 3.45. The molecule has 28 heavy (non-hydrogen) atoms. The smallest absolute Gasteiger partial charge is 0.273 e. The third-order valence-corrected chi connectivity index (χ3v) is 5.03. The summed E-state index contributed by atoms with van der Waals surface area (Å²) in [5, 5.41) is 13.9. The van der Waals surface area contributed by atoms with Gasteiger partial charge in [0.05, 0.1) is 4.92 Å². The van der Waals surface area contributed by atoms with Gasteiger partial charge in [0.2, 0.25) is 5.91 Å². The molecule has 0 saturated carbocycles. The number of carbonyl (C=O) groups is 2. The standard InChI is InChI=1S/C21H23N3O4/c1-13(2)21(26)23-10-9-15-7-8-17(11-16(15)12-23)22-20(25)18-5-4-6-19(14(18)3)24(27)28/h4-8,11,13H,9-10,12H2,1-3H3,(H,22,25). The van der Waals surface area contributed by atoms with Gasteiger partial charge in [0.15, 0.2) is 0 Å². The Labute approximate surface area is 163 Å². The Bertz CT molecular complexity index is 953. The molecule has 2 amide bonds. The van der Waals surface area contributed by atoms with Crippen molar-refractivity contribution >= 4 is 23.2 Å². The molecule has 146 valence electrons. The fourth-order valence-electron chi connectivity index (χ4n) is 3.45. The number of rotatable bonds is 4. The molecule has 0 aliphatic carbocycles. The number of nitro groups is 1. The van der Waals surface area contributed by atoms with Crippen molar-refractivity contribution in [3.8, 4) is 0 Å². The summed E-state index contributed by atoms with van der Waals surface area (Å²) in [6.07, 6.45) is 0.784. The van der Waals surface area contributed by atoms with E-state index in [1.807, 2.05) is 36.9 Å². The number of hydrogen-bond acceptors (Lipinski definition) is 4. The van der Waals surface area contributed by atoms with E-state index in [0.717, 1.165) is 17.5 Å². The Morgan fingerprint density at radius 2 is 1.93 bits per heavy atom. The maximum Gasteiger partial charge on any atom is 0.273 e. The molecule has 0 aromatic heterocycles. The van der Waals surface area contributed by atoms with E-state index in [-0.39, 0.29) is 23.1 Å². The first-order valence-electron chi connectivity index (χ1n) is 9.24. The molecular formula is C21H23N3O4. The van der Waals surface area contributed by atoms with Crippen LogP contribution in [0.15, 0.2) is 36.4 Å². The molecular weight excluding hydrogens is 358 g/mol. The molecule has 0 radical (unpaired) electrons. The zero-order valence-electron chi connectivity index (χ0n) is 16.2. The molecule has 3 rings (SSSR count). The SMILES string of the molecule is Cc1c(C(=O)Nc2ccc3c(c2)CN(C(=O)C(C)C)CC3)cccc1[N+](=O)[O-]. The van der Waals surface area contributed by atoms with Crippen LogP contribution in [0, 0.1) is 23.0 Å². The Morgan fingerprint density at radius 3 is 2.61 bits per heavy atom. The molecule has 0 saturated heterocycles. The average molecular weight is 381 g/mol. The van der Waals surface area contributed by atoms with E-state index in [9.17, 15) is 19.7 Å². The van der Waals surface area contributed by atoms with Gasteiger partial charge in [0.25, 0.3) is 11.6 Å². The lowest BCUT2D eigenvalue weighted by molar-refractivity contribution is -0.385. The first-order chi connectivity index (χ1) is 13.3. The van der Waals surface area contributed by atoms with Gasteiger partial charge >= 0.3 is 0 Å². The van der Waals surface area contributed by atoms with Crippen molar-refractivity contribution in [3.63, 3.8) is 0 Å². The van der Waals surface area contributed by atoms with Gasteiger partial charge in [0, 0.05) is 41.9 Å². The van der Waals surface area contributed by atoms with Crippen LogP contribution < -0.4 is 5.32 Å². The van der Waals surface area contributed by atoms with E-state index in [4.69, 9.17) is 0 Å². The summed E-state index contributed by atoms with van der Waals surface area (Å²) in [6, 6.07) is 10.1. The zero-order valence-corrected chi connectivity index (χ0v) is 16.2. The van der Waals surface area contributed by atoms with Crippen molar-refractivity contribution in [2.24, 2.45) is 5.92 Å². The number of anilines is 1. The molecule has 2 aromatic rings. The topological polar surface area (TPSA) is 92.6 Å². The van der Waals surface area contributed by atoms with Crippen LogP contribution in [-0.4, -0.2) is 28.2 Å². The van der Waals surface area contributed by atoms with E-state index in [1.54, 1.807) is 13.0 Å². The van der Waals surface area contributed by atoms with Crippen molar-refractivity contribution in [3.05, 3.63) is 68.8 Å². The van der Waals surface area contributed by atoms with Crippen LogP contribution in [0.25, 0.3) is 0 Å². The Kier molecular flexibility index (Phi) is 5.44. The van der Waals surface area contributed by atoms with Crippen molar-refractivity contribution in [2.45, 2.75) is 33.7 Å². The second-order valence-electron chi connectivity index (χ2n) is 7.31. The highest BCUT2D eigenvalue weighted by atomic mass is 16.6. The monoisotopic (exact) mass is 381 g/mol. The number of hydrogen-bond donors (Lipinski definition) is 1. The molecule has 1 aliphatic heterocycles. The highest BCUT2D eigenvalue weighted by Gasteiger charge is 2.23. The lowest BCUT2D eigenvalue weighted by Crippen LogP contribution is -2.38. The molecule has 1 N–H and O–H groups in total.